The SMILES string of the molecule is COc1cccc(CNC(=O)C2(CO)CC2/C=C/c2ccc3[nH]ncc3c2)c1. The number of nitrogens with zero attached hydrogens (tertiary/aromatic N) is 1. The minimum Gasteiger partial charge on any atom is -0.497 e. The highest BCUT2D eigenvalue weighted by molar-refractivity contribution is 5.87. The Morgan fingerprint density at radius 2 is 2.29 bits per heavy atom. The number of aromatic nitrogens is 2. The number of carbonyl (C=O) groups is 1. The first kappa shape index (κ1) is 18.3. The van der Waals surface area contributed by atoms with Crippen molar-refractivity contribution >= 4 is 22.9 Å². The van der Waals surface area contributed by atoms with Crippen LogP contribution in [-0.2, 0) is 11.3 Å². The molecule has 0 spiro atoms. The second-order valence-electron chi connectivity index (χ2n) is 7.23. The molecule has 1 saturated carbocycles. The number of benzene rings is 2. The summed E-state index contributed by atoms with van der Waals surface area (Å²) in [6.45, 7) is 0.248. The Kier molecular flexibility index (Phi) is 4.88. The Morgan fingerprint density at radius 1 is 1.39 bits per heavy atom. The van der Waals surface area contributed by atoms with Crippen LogP contribution in [0, 0.1) is 11.3 Å². The van der Waals surface area contributed by atoms with Crippen molar-refractivity contribution in [3.8, 4) is 5.75 Å². The van der Waals surface area contributed by atoms with E-state index in [1.54, 1.807) is 13.3 Å². The van der Waals surface area contributed by atoms with Gasteiger partial charge < -0.3 is 15.2 Å². The summed E-state index contributed by atoms with van der Waals surface area (Å²) in [5.74, 6) is 0.672. The van der Waals surface area contributed by atoms with Gasteiger partial charge in [-0.25, -0.2) is 0 Å². The number of hydrogen-bond donors (Lipinski definition) is 3. The van der Waals surface area contributed by atoms with E-state index in [0.29, 0.717) is 13.0 Å². The molecule has 2 atom stereocenters. The average Bonchev–Trinajstić information content (AvgIpc) is 3.27. The number of nitrogens with one attached hydrogen (secondary N) is 2. The van der Waals surface area contributed by atoms with Crippen LogP contribution in [0.1, 0.15) is 17.5 Å². The highest BCUT2D eigenvalue weighted by atomic mass is 16.5. The Hall–Kier alpha value is -3.12. The number of rotatable bonds is 7. The number of aliphatic hydroxyl groups is 1. The lowest BCUT2D eigenvalue weighted by atomic mass is 10.0. The maximum absolute atomic E-state index is 12.7. The van der Waals surface area contributed by atoms with E-state index < -0.39 is 5.41 Å². The molecule has 0 bridgehead atoms. The van der Waals surface area contributed by atoms with Gasteiger partial charge in [-0.3, -0.25) is 9.89 Å². The number of H-pyrrole nitrogens is 1. The van der Waals surface area contributed by atoms with Gasteiger partial charge in [0.2, 0.25) is 5.91 Å². The first-order chi connectivity index (χ1) is 13.6. The summed E-state index contributed by atoms with van der Waals surface area (Å²) >= 11 is 0. The van der Waals surface area contributed by atoms with Crippen LogP contribution in [0.5, 0.6) is 5.75 Å². The summed E-state index contributed by atoms with van der Waals surface area (Å²) in [6.07, 6.45) is 6.46. The molecule has 0 aliphatic heterocycles. The molecule has 3 aromatic rings. The Labute approximate surface area is 163 Å². The lowest BCUT2D eigenvalue weighted by Crippen LogP contribution is -2.35. The zero-order valence-electron chi connectivity index (χ0n) is 15.7. The van der Waals surface area contributed by atoms with Crippen LogP contribution in [0.3, 0.4) is 0 Å². The van der Waals surface area contributed by atoms with Crippen molar-refractivity contribution in [3.63, 3.8) is 0 Å². The molecular formula is C22H23N3O3. The summed E-state index contributed by atoms with van der Waals surface area (Å²) in [7, 11) is 1.61. The van der Waals surface area contributed by atoms with Crippen molar-refractivity contribution in [2.45, 2.75) is 13.0 Å². The predicted octanol–water partition coefficient (Wildman–Crippen LogP) is 2.90. The quantitative estimate of drug-likeness (QED) is 0.591. The largest absolute Gasteiger partial charge is 0.497 e. The van der Waals surface area contributed by atoms with E-state index in [0.717, 1.165) is 27.8 Å². The second-order valence-corrected chi connectivity index (χ2v) is 7.23. The van der Waals surface area contributed by atoms with Crippen molar-refractivity contribution in [2.24, 2.45) is 11.3 Å². The lowest BCUT2D eigenvalue weighted by molar-refractivity contribution is -0.128. The fourth-order valence-corrected chi connectivity index (χ4v) is 3.53. The van der Waals surface area contributed by atoms with Crippen molar-refractivity contribution in [1.82, 2.24) is 15.5 Å². The summed E-state index contributed by atoms with van der Waals surface area (Å²) in [5.41, 5.74) is 2.27. The molecule has 0 saturated heterocycles. The maximum Gasteiger partial charge on any atom is 0.229 e. The third-order valence-corrected chi connectivity index (χ3v) is 5.44. The predicted molar refractivity (Wildman–Crippen MR) is 108 cm³/mol. The van der Waals surface area contributed by atoms with Crippen LogP contribution >= 0.6 is 0 Å². The first-order valence-corrected chi connectivity index (χ1v) is 9.28. The first-order valence-electron chi connectivity index (χ1n) is 9.28. The number of allylic oxidation sites excluding steroid dienone is 1. The van der Waals surface area contributed by atoms with E-state index in [1.165, 1.54) is 0 Å². The highest BCUT2D eigenvalue weighted by Crippen LogP contribution is 2.53. The van der Waals surface area contributed by atoms with E-state index in [-0.39, 0.29) is 18.4 Å². The molecule has 1 amide bonds. The van der Waals surface area contributed by atoms with E-state index in [1.807, 2.05) is 54.6 Å². The zero-order chi connectivity index (χ0) is 19.6. The van der Waals surface area contributed by atoms with Crippen molar-refractivity contribution in [2.75, 3.05) is 13.7 Å². The summed E-state index contributed by atoms with van der Waals surface area (Å²) in [4.78, 5) is 12.7. The smallest absolute Gasteiger partial charge is 0.229 e. The highest BCUT2D eigenvalue weighted by Gasteiger charge is 2.58. The van der Waals surface area contributed by atoms with Crippen LogP contribution < -0.4 is 10.1 Å². The molecule has 144 valence electrons. The molecule has 1 aliphatic rings. The minimum absolute atomic E-state index is 0.0304. The fourth-order valence-electron chi connectivity index (χ4n) is 3.53. The van der Waals surface area contributed by atoms with Gasteiger partial charge >= 0.3 is 0 Å². The average molecular weight is 377 g/mol. The van der Waals surface area contributed by atoms with Gasteiger partial charge in [0.25, 0.3) is 0 Å². The molecule has 1 heterocycles. The maximum atomic E-state index is 12.7. The molecular weight excluding hydrogens is 354 g/mol. The number of aromatic amines is 1. The normalized spacial score (nSPS) is 21.1. The van der Waals surface area contributed by atoms with Crippen LogP contribution in [0.25, 0.3) is 17.0 Å². The van der Waals surface area contributed by atoms with Gasteiger partial charge in [-0.15, -0.1) is 0 Å². The van der Waals surface area contributed by atoms with Crippen LogP contribution in [0.2, 0.25) is 0 Å². The van der Waals surface area contributed by atoms with Crippen molar-refractivity contribution in [3.05, 3.63) is 65.9 Å². The van der Waals surface area contributed by atoms with E-state index in [2.05, 4.69) is 15.5 Å². The Bertz CT molecular complexity index is 1030. The number of ether oxygens (including phenoxy) is 1. The zero-order valence-corrected chi connectivity index (χ0v) is 15.7. The molecule has 4 rings (SSSR count). The Balaban J connectivity index is 1.39. The summed E-state index contributed by atoms with van der Waals surface area (Å²) in [5, 5.41) is 20.8. The summed E-state index contributed by atoms with van der Waals surface area (Å²) < 4.78 is 5.21. The molecule has 3 N–H and O–H groups in total. The lowest BCUT2D eigenvalue weighted by Gasteiger charge is -2.14. The van der Waals surface area contributed by atoms with Gasteiger partial charge in [-0.05, 0) is 47.7 Å². The molecule has 6 nitrogen and oxygen atoms in total. The third kappa shape index (κ3) is 3.51. The van der Waals surface area contributed by atoms with E-state index in [9.17, 15) is 9.90 Å². The number of aliphatic hydroxyl groups excluding tert-OH is 1. The molecule has 2 aromatic carbocycles. The van der Waals surface area contributed by atoms with Gasteiger partial charge in [0, 0.05) is 11.9 Å². The van der Waals surface area contributed by atoms with Crippen LogP contribution in [0.15, 0.2) is 54.7 Å². The van der Waals surface area contributed by atoms with Gasteiger partial charge in [-0.1, -0.05) is 30.4 Å². The van der Waals surface area contributed by atoms with E-state index in [4.69, 9.17) is 4.74 Å². The molecule has 2 unspecified atom stereocenters. The monoisotopic (exact) mass is 377 g/mol. The van der Waals surface area contributed by atoms with Crippen molar-refractivity contribution in [1.29, 1.82) is 0 Å². The van der Waals surface area contributed by atoms with Crippen molar-refractivity contribution < 1.29 is 14.6 Å². The number of fused-ring (bicyclic) bond motifs is 1. The molecule has 0 radical (unpaired) electrons. The molecule has 1 aromatic heterocycles. The summed E-state index contributed by atoms with van der Waals surface area (Å²) in [6, 6.07) is 13.6. The Morgan fingerprint density at radius 3 is 3.11 bits per heavy atom. The number of carbonyl (C=O) groups excluding carboxylic acids is 1. The molecule has 1 fully saturated rings. The number of amides is 1. The minimum atomic E-state index is -0.727. The molecule has 1 aliphatic carbocycles. The standard InChI is InChI=1S/C22H23N3O3/c1-28-19-4-2-3-16(10-19)12-23-21(27)22(14-26)11-18(22)7-5-15-6-8-20-17(9-15)13-24-25-20/h2-10,13,18,26H,11-12,14H2,1H3,(H,23,27)(H,24,25)/b7-5+. The topological polar surface area (TPSA) is 87.2 Å². The van der Waals surface area contributed by atoms with Gasteiger partial charge in [-0.2, -0.15) is 5.10 Å². The number of hydrogen-bond acceptors (Lipinski definition) is 4. The van der Waals surface area contributed by atoms with Gasteiger partial charge in [0.05, 0.1) is 30.8 Å². The molecule has 28 heavy (non-hydrogen) atoms. The third-order valence-electron chi connectivity index (χ3n) is 5.44. The molecule has 6 heteroatoms. The van der Waals surface area contributed by atoms with Gasteiger partial charge in [0.1, 0.15) is 5.75 Å². The second kappa shape index (κ2) is 7.48. The fraction of sp³-hybridized carbons (Fsp3) is 0.273. The van der Waals surface area contributed by atoms with E-state index >= 15 is 0 Å². The number of methoxy groups -OCH3 is 1. The van der Waals surface area contributed by atoms with Crippen LogP contribution in [0.4, 0.5) is 0 Å². The van der Waals surface area contributed by atoms with Gasteiger partial charge in [0.15, 0.2) is 0 Å². The van der Waals surface area contributed by atoms with Crippen LogP contribution in [-0.4, -0.2) is 34.9 Å².